The summed E-state index contributed by atoms with van der Waals surface area (Å²) in [5, 5.41) is 3.02. The molecule has 2 aliphatic rings. The van der Waals surface area contributed by atoms with Crippen molar-refractivity contribution in [2.75, 3.05) is 43.0 Å². The Labute approximate surface area is 302 Å². The number of nitrogens with zero attached hydrogens (tertiary/aromatic N) is 7. The number of ether oxygens (including phenoxy) is 1. The molecule has 0 radical (unpaired) electrons. The van der Waals surface area contributed by atoms with E-state index in [0.717, 1.165) is 56.8 Å². The number of benzene rings is 1. The highest BCUT2D eigenvalue weighted by atomic mass is 19.1. The van der Waals surface area contributed by atoms with Crippen molar-refractivity contribution in [2.45, 2.75) is 90.9 Å². The van der Waals surface area contributed by atoms with Crippen molar-refractivity contribution >= 4 is 40.3 Å². The molecule has 15 heteroatoms. The van der Waals surface area contributed by atoms with Gasteiger partial charge in [-0.3, -0.25) is 9.59 Å². The highest BCUT2D eigenvalue weighted by Gasteiger charge is 2.22. The predicted molar refractivity (Wildman–Crippen MR) is 193 cm³/mol. The third-order valence-corrected chi connectivity index (χ3v) is 9.43. The van der Waals surface area contributed by atoms with Gasteiger partial charge in [0.25, 0.3) is 0 Å². The van der Waals surface area contributed by atoms with Crippen LogP contribution in [0.25, 0.3) is 22.3 Å². The van der Waals surface area contributed by atoms with E-state index in [1.165, 1.54) is 6.07 Å². The molecule has 0 saturated carbocycles. The van der Waals surface area contributed by atoms with Gasteiger partial charge >= 0.3 is 0 Å². The number of aryl methyl sites for hydroxylation is 1. The summed E-state index contributed by atoms with van der Waals surface area (Å²) < 4.78 is 37.4. The molecule has 0 bridgehead atoms. The largest absolute Gasteiger partial charge is 0.367 e. The number of hydrogen-bond donors (Lipinski definition) is 2. The SMILES string of the molecule is Cc1nc2c(F)cc(-c3nc(Nc4ccc(N5CCN(C(=O)CCCCCCC(=O)NOC6CCCCO6)CC5)cn4)ncc3F)cc2n1C(C)C. The van der Waals surface area contributed by atoms with Crippen molar-refractivity contribution in [1.29, 1.82) is 0 Å². The number of fused-ring (bicyclic) bond motifs is 1. The lowest BCUT2D eigenvalue weighted by Gasteiger charge is -2.36. The number of amides is 2. The van der Waals surface area contributed by atoms with Gasteiger partial charge in [-0.1, -0.05) is 12.8 Å². The Hall–Kier alpha value is -4.76. The number of anilines is 3. The van der Waals surface area contributed by atoms with E-state index in [9.17, 15) is 14.0 Å². The van der Waals surface area contributed by atoms with Gasteiger partial charge in [0, 0.05) is 63.7 Å². The fourth-order valence-electron chi connectivity index (χ4n) is 6.72. The number of piperazine rings is 1. The van der Waals surface area contributed by atoms with E-state index < -0.39 is 11.6 Å². The lowest BCUT2D eigenvalue weighted by Crippen LogP contribution is -2.48. The monoisotopic (exact) mass is 719 g/mol. The summed E-state index contributed by atoms with van der Waals surface area (Å²) in [5.74, 6) is 0.0451. The van der Waals surface area contributed by atoms with E-state index in [0.29, 0.717) is 62.8 Å². The molecular weight excluding hydrogens is 672 g/mol. The van der Waals surface area contributed by atoms with Crippen LogP contribution in [-0.2, 0) is 19.2 Å². The Balaban J connectivity index is 0.937. The van der Waals surface area contributed by atoms with Crippen LogP contribution in [0.5, 0.6) is 0 Å². The number of rotatable bonds is 14. The molecular formula is C37H47F2N9O4. The summed E-state index contributed by atoms with van der Waals surface area (Å²) in [5.41, 5.74) is 4.45. The first-order chi connectivity index (χ1) is 25.2. The Bertz CT molecular complexity index is 1840. The maximum absolute atomic E-state index is 15.1. The van der Waals surface area contributed by atoms with Gasteiger partial charge in [0.15, 0.2) is 17.9 Å². The highest BCUT2D eigenvalue weighted by molar-refractivity contribution is 5.83. The number of imidazole rings is 1. The van der Waals surface area contributed by atoms with Gasteiger partial charge < -0.3 is 24.4 Å². The number of halogens is 2. The number of unbranched alkanes of at least 4 members (excludes halogenated alkanes) is 3. The third kappa shape index (κ3) is 9.17. The molecule has 1 unspecified atom stereocenters. The van der Waals surface area contributed by atoms with Crippen molar-refractivity contribution in [3.63, 3.8) is 0 Å². The second-order valence-electron chi connectivity index (χ2n) is 13.6. The van der Waals surface area contributed by atoms with Crippen molar-refractivity contribution in [1.82, 2.24) is 34.9 Å². The van der Waals surface area contributed by atoms with Gasteiger partial charge in [0.05, 0.1) is 23.6 Å². The maximum Gasteiger partial charge on any atom is 0.243 e. The molecule has 2 aliphatic heterocycles. The van der Waals surface area contributed by atoms with E-state index in [2.05, 4.69) is 35.6 Å². The van der Waals surface area contributed by atoms with Crippen LogP contribution in [0.15, 0.2) is 36.7 Å². The number of pyridine rings is 1. The van der Waals surface area contributed by atoms with Gasteiger partial charge in [-0.25, -0.2) is 39.0 Å². The Morgan fingerprint density at radius 1 is 0.962 bits per heavy atom. The molecule has 4 aromatic rings. The van der Waals surface area contributed by atoms with Crippen molar-refractivity contribution in [3.8, 4) is 11.3 Å². The standard InChI is InChI=1S/C37H47F2N9O4/c1-24(2)48-25(3)42-36-28(38)20-26(21-30(36)48)35-29(39)23-41-37(44-35)43-31-14-13-27(22-40-31)46-15-17-47(18-16-46)33(50)11-7-5-4-6-10-32(49)45-52-34-12-8-9-19-51-34/h13-14,20-24,34H,4-12,15-19H2,1-3H3,(H,45,49)(H,40,41,43,44). The average molecular weight is 720 g/mol. The van der Waals surface area contributed by atoms with Crippen LogP contribution >= 0.6 is 0 Å². The van der Waals surface area contributed by atoms with E-state index in [1.807, 2.05) is 36.3 Å². The summed E-state index contributed by atoms with van der Waals surface area (Å²) in [7, 11) is 0. The molecule has 6 rings (SSSR count). The molecule has 3 aromatic heterocycles. The highest BCUT2D eigenvalue weighted by Crippen LogP contribution is 2.30. The molecule has 13 nitrogen and oxygen atoms in total. The van der Waals surface area contributed by atoms with Gasteiger partial charge in [-0.15, -0.1) is 0 Å². The van der Waals surface area contributed by atoms with E-state index in [-0.39, 0.29) is 46.9 Å². The number of hydrogen-bond acceptors (Lipinski definition) is 10. The van der Waals surface area contributed by atoms with Crippen LogP contribution in [0.1, 0.15) is 83.5 Å². The molecule has 2 N–H and O–H groups in total. The second-order valence-corrected chi connectivity index (χ2v) is 13.6. The van der Waals surface area contributed by atoms with Crippen LogP contribution in [0.2, 0.25) is 0 Å². The molecule has 278 valence electrons. The zero-order valence-electron chi connectivity index (χ0n) is 30.0. The Morgan fingerprint density at radius 2 is 1.75 bits per heavy atom. The smallest absolute Gasteiger partial charge is 0.243 e. The quantitative estimate of drug-likeness (QED) is 0.112. The lowest BCUT2D eigenvalue weighted by atomic mass is 10.1. The van der Waals surface area contributed by atoms with Gasteiger partial charge in [0.1, 0.15) is 22.9 Å². The number of aromatic nitrogens is 5. The van der Waals surface area contributed by atoms with Crippen LogP contribution in [0.3, 0.4) is 0 Å². The molecule has 52 heavy (non-hydrogen) atoms. The first kappa shape index (κ1) is 37.0. The Kier molecular flexibility index (Phi) is 12.2. The summed E-state index contributed by atoms with van der Waals surface area (Å²) in [6, 6.07) is 6.69. The summed E-state index contributed by atoms with van der Waals surface area (Å²) in [6.07, 6.45) is 9.49. The third-order valence-electron chi connectivity index (χ3n) is 9.43. The molecule has 1 atom stereocenters. The van der Waals surface area contributed by atoms with Crippen LogP contribution in [0.4, 0.5) is 26.2 Å². The van der Waals surface area contributed by atoms with Crippen LogP contribution < -0.4 is 15.7 Å². The van der Waals surface area contributed by atoms with E-state index in [1.54, 1.807) is 18.3 Å². The van der Waals surface area contributed by atoms with Gasteiger partial charge in [-0.2, -0.15) is 0 Å². The van der Waals surface area contributed by atoms with E-state index in [4.69, 9.17) is 9.57 Å². The van der Waals surface area contributed by atoms with Crippen molar-refractivity contribution in [3.05, 3.63) is 54.1 Å². The van der Waals surface area contributed by atoms with Gasteiger partial charge in [-0.05, 0) is 70.7 Å². The van der Waals surface area contributed by atoms with Crippen LogP contribution in [-0.4, -0.2) is 80.3 Å². The zero-order valence-corrected chi connectivity index (χ0v) is 30.0. The molecule has 2 saturated heterocycles. The minimum atomic E-state index is -0.675. The minimum Gasteiger partial charge on any atom is -0.367 e. The molecule has 2 fully saturated rings. The lowest BCUT2D eigenvalue weighted by molar-refractivity contribution is -0.200. The molecule has 1 aromatic carbocycles. The van der Waals surface area contributed by atoms with E-state index >= 15 is 4.39 Å². The summed E-state index contributed by atoms with van der Waals surface area (Å²) in [6.45, 7) is 9.06. The normalized spacial score (nSPS) is 16.5. The molecule has 0 spiro atoms. The number of hydroxylamine groups is 1. The van der Waals surface area contributed by atoms with Gasteiger partial charge in [0.2, 0.25) is 17.8 Å². The maximum atomic E-state index is 15.1. The number of nitrogens with one attached hydrogen (secondary N) is 2. The first-order valence-corrected chi connectivity index (χ1v) is 18.2. The Morgan fingerprint density at radius 3 is 2.46 bits per heavy atom. The predicted octanol–water partition coefficient (Wildman–Crippen LogP) is 6.36. The topological polar surface area (TPSA) is 140 Å². The minimum absolute atomic E-state index is 0.0347. The zero-order chi connectivity index (χ0) is 36.6. The number of carbonyl (C=O) groups excluding carboxylic acids is 2. The molecule has 5 heterocycles. The summed E-state index contributed by atoms with van der Waals surface area (Å²) >= 11 is 0. The average Bonchev–Trinajstić information content (AvgIpc) is 3.50. The van der Waals surface area contributed by atoms with Crippen molar-refractivity contribution in [2.24, 2.45) is 0 Å². The molecule has 0 aliphatic carbocycles. The fraction of sp³-hybridized carbons (Fsp3) is 0.514. The van der Waals surface area contributed by atoms with Crippen LogP contribution in [0, 0.1) is 18.6 Å². The first-order valence-electron chi connectivity index (χ1n) is 18.2. The fourth-order valence-corrected chi connectivity index (χ4v) is 6.72. The second kappa shape index (κ2) is 17.2. The molecule has 2 amide bonds. The summed E-state index contributed by atoms with van der Waals surface area (Å²) in [4.78, 5) is 51.5. The van der Waals surface area contributed by atoms with Crippen molar-refractivity contribution < 1.29 is 27.9 Å². The number of carbonyl (C=O) groups is 2.